The van der Waals surface area contributed by atoms with Gasteiger partial charge in [0.1, 0.15) is 5.52 Å². The number of rotatable bonds is 8. The molecule has 1 N–H and O–H groups in total. The van der Waals surface area contributed by atoms with Gasteiger partial charge >= 0.3 is 0 Å². The van der Waals surface area contributed by atoms with E-state index in [4.69, 9.17) is 13.9 Å². The fourth-order valence-electron chi connectivity index (χ4n) is 2.58. The monoisotopic (exact) mass is 397 g/mol. The van der Waals surface area contributed by atoms with Gasteiger partial charge in [-0.1, -0.05) is 6.07 Å². The Labute approximate surface area is 166 Å². The van der Waals surface area contributed by atoms with Crippen LogP contribution in [0.2, 0.25) is 0 Å². The van der Waals surface area contributed by atoms with Crippen LogP contribution >= 0.6 is 0 Å². The molecule has 29 heavy (non-hydrogen) atoms. The number of benzene rings is 2. The third kappa shape index (κ3) is 4.89. The molecule has 1 amide bonds. The summed E-state index contributed by atoms with van der Waals surface area (Å²) in [5.41, 5.74) is 1.61. The number of nitrogens with one attached hydrogen (secondary N) is 1. The van der Waals surface area contributed by atoms with E-state index in [-0.39, 0.29) is 18.2 Å². The SMILES string of the molecule is CCNC(=O)COc1ccc(/C=C/c2nc3cc([N+](=O)[O-])ccc3o2)cc1OC. The van der Waals surface area contributed by atoms with E-state index < -0.39 is 4.92 Å². The van der Waals surface area contributed by atoms with E-state index in [2.05, 4.69) is 10.3 Å². The highest BCUT2D eigenvalue weighted by Gasteiger charge is 2.11. The van der Waals surface area contributed by atoms with Crippen molar-refractivity contribution in [3.63, 3.8) is 0 Å². The molecule has 0 bridgehead atoms. The number of likely N-dealkylation sites (N-methyl/N-ethyl adjacent to an activating group) is 1. The molecule has 0 saturated heterocycles. The van der Waals surface area contributed by atoms with Crippen molar-refractivity contribution in [1.29, 1.82) is 0 Å². The maximum Gasteiger partial charge on any atom is 0.271 e. The normalized spacial score (nSPS) is 11.0. The molecule has 3 aromatic rings. The maximum absolute atomic E-state index is 11.5. The third-order valence-corrected chi connectivity index (χ3v) is 3.94. The molecule has 150 valence electrons. The van der Waals surface area contributed by atoms with Crippen LogP contribution in [0.25, 0.3) is 23.3 Å². The van der Waals surface area contributed by atoms with Crippen molar-refractivity contribution in [2.45, 2.75) is 6.92 Å². The molecule has 3 rings (SSSR count). The number of aromatic nitrogens is 1. The van der Waals surface area contributed by atoms with Crippen LogP contribution < -0.4 is 14.8 Å². The molecule has 0 atom stereocenters. The number of nitro benzene ring substituents is 1. The lowest BCUT2D eigenvalue weighted by atomic mass is 10.2. The number of nitro groups is 1. The third-order valence-electron chi connectivity index (χ3n) is 3.94. The van der Waals surface area contributed by atoms with Crippen LogP contribution in [0.5, 0.6) is 11.5 Å². The quantitative estimate of drug-likeness (QED) is 0.457. The largest absolute Gasteiger partial charge is 0.493 e. The highest BCUT2D eigenvalue weighted by Crippen LogP contribution is 2.29. The summed E-state index contributed by atoms with van der Waals surface area (Å²) in [5, 5.41) is 13.5. The maximum atomic E-state index is 11.5. The summed E-state index contributed by atoms with van der Waals surface area (Å²) in [4.78, 5) is 26.1. The molecule has 1 heterocycles. The van der Waals surface area contributed by atoms with Gasteiger partial charge in [-0.2, -0.15) is 0 Å². The van der Waals surface area contributed by atoms with E-state index in [0.717, 1.165) is 5.56 Å². The van der Waals surface area contributed by atoms with Crippen molar-refractivity contribution in [1.82, 2.24) is 10.3 Å². The summed E-state index contributed by atoms with van der Waals surface area (Å²) in [7, 11) is 1.51. The van der Waals surface area contributed by atoms with Crippen LogP contribution in [0.15, 0.2) is 40.8 Å². The summed E-state index contributed by atoms with van der Waals surface area (Å²) in [6.45, 7) is 2.26. The van der Waals surface area contributed by atoms with Crippen LogP contribution in [0.4, 0.5) is 5.69 Å². The number of nitrogens with zero attached hydrogens (tertiary/aromatic N) is 2. The van der Waals surface area contributed by atoms with E-state index in [9.17, 15) is 14.9 Å². The molecule has 0 aliphatic carbocycles. The summed E-state index contributed by atoms with van der Waals surface area (Å²) in [6.07, 6.45) is 3.41. The van der Waals surface area contributed by atoms with Crippen molar-refractivity contribution in [3.8, 4) is 11.5 Å². The molecule has 2 aromatic carbocycles. The van der Waals surface area contributed by atoms with Gasteiger partial charge in [0.25, 0.3) is 11.6 Å². The number of carbonyl (C=O) groups excluding carboxylic acids is 1. The van der Waals surface area contributed by atoms with Gasteiger partial charge in [0.2, 0.25) is 5.89 Å². The topological polar surface area (TPSA) is 117 Å². The fraction of sp³-hybridized carbons (Fsp3) is 0.200. The number of hydrogen-bond donors (Lipinski definition) is 1. The molecular weight excluding hydrogens is 378 g/mol. The average molecular weight is 397 g/mol. The molecular formula is C20H19N3O6. The second-order valence-corrected chi connectivity index (χ2v) is 5.95. The van der Waals surface area contributed by atoms with Gasteiger partial charge in [0, 0.05) is 24.8 Å². The Morgan fingerprint density at radius 1 is 1.24 bits per heavy atom. The number of amides is 1. The van der Waals surface area contributed by atoms with Gasteiger partial charge in [-0.3, -0.25) is 14.9 Å². The summed E-state index contributed by atoms with van der Waals surface area (Å²) in [6, 6.07) is 9.48. The Kier molecular flexibility index (Phi) is 6.08. The molecule has 0 saturated carbocycles. The zero-order valence-electron chi connectivity index (χ0n) is 15.9. The van der Waals surface area contributed by atoms with E-state index >= 15 is 0 Å². The number of non-ortho nitro benzene ring substituents is 1. The minimum Gasteiger partial charge on any atom is -0.493 e. The fourth-order valence-corrected chi connectivity index (χ4v) is 2.58. The Bertz CT molecular complexity index is 1070. The Hall–Kier alpha value is -3.88. The summed E-state index contributed by atoms with van der Waals surface area (Å²) >= 11 is 0. The van der Waals surface area contributed by atoms with Crippen LogP contribution in [-0.2, 0) is 4.79 Å². The highest BCUT2D eigenvalue weighted by atomic mass is 16.6. The van der Waals surface area contributed by atoms with E-state index in [0.29, 0.717) is 35.0 Å². The van der Waals surface area contributed by atoms with E-state index in [1.54, 1.807) is 30.4 Å². The van der Waals surface area contributed by atoms with Crippen LogP contribution in [0.3, 0.4) is 0 Å². The smallest absolute Gasteiger partial charge is 0.271 e. The predicted molar refractivity (Wildman–Crippen MR) is 107 cm³/mol. The number of ether oxygens (including phenoxy) is 2. The van der Waals surface area contributed by atoms with Gasteiger partial charge in [-0.25, -0.2) is 4.98 Å². The lowest BCUT2D eigenvalue weighted by Gasteiger charge is -2.11. The number of hydrogen-bond acceptors (Lipinski definition) is 7. The van der Waals surface area contributed by atoms with Crippen molar-refractivity contribution >= 4 is 34.8 Å². The van der Waals surface area contributed by atoms with Crippen molar-refractivity contribution in [2.75, 3.05) is 20.3 Å². The molecule has 1 aromatic heterocycles. The zero-order chi connectivity index (χ0) is 20.8. The highest BCUT2D eigenvalue weighted by molar-refractivity contribution is 5.79. The summed E-state index contributed by atoms with van der Waals surface area (Å²) in [5.74, 6) is 1.03. The molecule has 9 nitrogen and oxygen atoms in total. The number of oxazole rings is 1. The zero-order valence-corrected chi connectivity index (χ0v) is 15.9. The number of carbonyl (C=O) groups is 1. The van der Waals surface area contributed by atoms with E-state index in [1.165, 1.54) is 25.3 Å². The first-order valence-corrected chi connectivity index (χ1v) is 8.80. The van der Waals surface area contributed by atoms with Crippen molar-refractivity contribution in [2.24, 2.45) is 0 Å². The lowest BCUT2D eigenvalue weighted by molar-refractivity contribution is -0.384. The number of fused-ring (bicyclic) bond motifs is 1. The summed E-state index contributed by atoms with van der Waals surface area (Å²) < 4.78 is 16.4. The van der Waals surface area contributed by atoms with Crippen LogP contribution in [0, 0.1) is 10.1 Å². The molecule has 0 unspecified atom stereocenters. The molecule has 0 aliphatic rings. The van der Waals surface area contributed by atoms with Crippen LogP contribution in [0.1, 0.15) is 18.4 Å². The Morgan fingerprint density at radius 2 is 2.07 bits per heavy atom. The van der Waals surface area contributed by atoms with Crippen LogP contribution in [-0.4, -0.2) is 36.1 Å². The molecule has 0 aliphatic heterocycles. The van der Waals surface area contributed by atoms with Gasteiger partial charge in [-0.15, -0.1) is 0 Å². The molecule has 0 fully saturated rings. The molecule has 9 heteroatoms. The minimum atomic E-state index is -0.481. The second kappa shape index (κ2) is 8.87. The predicted octanol–water partition coefficient (Wildman–Crippen LogP) is 3.43. The van der Waals surface area contributed by atoms with Gasteiger partial charge in [0.15, 0.2) is 23.7 Å². The Morgan fingerprint density at radius 3 is 2.79 bits per heavy atom. The standard InChI is InChI=1S/C20H19N3O6/c1-3-21-19(24)12-28-17-7-4-13(10-18(17)27-2)5-9-20-22-15-11-14(23(25)26)6-8-16(15)29-20/h4-11H,3,12H2,1-2H3,(H,21,24)/b9-5+. The van der Waals surface area contributed by atoms with Gasteiger partial charge in [-0.05, 0) is 36.8 Å². The van der Waals surface area contributed by atoms with Gasteiger partial charge < -0.3 is 19.2 Å². The van der Waals surface area contributed by atoms with Crippen molar-refractivity contribution < 1.29 is 23.6 Å². The second-order valence-electron chi connectivity index (χ2n) is 5.95. The average Bonchev–Trinajstić information content (AvgIpc) is 3.13. The number of methoxy groups -OCH3 is 1. The first-order chi connectivity index (χ1) is 14.0. The first-order valence-electron chi connectivity index (χ1n) is 8.80. The minimum absolute atomic E-state index is 0.0470. The Balaban J connectivity index is 1.75. The van der Waals surface area contributed by atoms with E-state index in [1.807, 2.05) is 6.92 Å². The van der Waals surface area contributed by atoms with Crippen molar-refractivity contribution in [3.05, 3.63) is 58.0 Å². The van der Waals surface area contributed by atoms with Gasteiger partial charge in [0.05, 0.1) is 12.0 Å². The molecule has 0 radical (unpaired) electrons. The first kappa shape index (κ1) is 19.9. The lowest BCUT2D eigenvalue weighted by Crippen LogP contribution is -2.28. The molecule has 0 spiro atoms.